The highest BCUT2D eigenvalue weighted by Crippen LogP contribution is 2.33. The zero-order valence-corrected chi connectivity index (χ0v) is 12.2. The van der Waals surface area contributed by atoms with Crippen LogP contribution in [0.25, 0.3) is 0 Å². The Kier molecular flexibility index (Phi) is 4.84. The third-order valence-electron chi connectivity index (χ3n) is 3.58. The highest BCUT2D eigenvalue weighted by atomic mass is 16.5. The van der Waals surface area contributed by atoms with Gasteiger partial charge >= 0.3 is 0 Å². The quantitative estimate of drug-likeness (QED) is 0.616. The summed E-state index contributed by atoms with van der Waals surface area (Å²) in [5, 5.41) is 2.88. The minimum absolute atomic E-state index is 0.0633. The van der Waals surface area contributed by atoms with Crippen LogP contribution >= 0.6 is 0 Å². The van der Waals surface area contributed by atoms with Gasteiger partial charge in [0.05, 0.1) is 18.0 Å². The van der Waals surface area contributed by atoms with Crippen LogP contribution in [0.1, 0.15) is 25.8 Å². The van der Waals surface area contributed by atoms with Gasteiger partial charge in [0.25, 0.3) is 0 Å². The summed E-state index contributed by atoms with van der Waals surface area (Å²) in [6, 6.07) is 3.96. The first-order valence-corrected chi connectivity index (χ1v) is 7.20. The normalized spacial score (nSPS) is 13.8. The third kappa shape index (κ3) is 3.22. The molecule has 0 radical (unpaired) electrons. The van der Waals surface area contributed by atoms with E-state index in [0.717, 1.165) is 43.1 Å². The van der Waals surface area contributed by atoms with E-state index >= 15 is 0 Å². The van der Waals surface area contributed by atoms with Crippen LogP contribution in [0.15, 0.2) is 12.1 Å². The summed E-state index contributed by atoms with van der Waals surface area (Å²) >= 11 is 0. The first kappa shape index (κ1) is 14.7. The van der Waals surface area contributed by atoms with Crippen molar-refractivity contribution < 1.29 is 9.53 Å². The molecule has 0 saturated heterocycles. The number of rotatable bonds is 6. The molecule has 5 nitrogen and oxygen atoms in total. The second kappa shape index (κ2) is 6.61. The van der Waals surface area contributed by atoms with E-state index in [4.69, 9.17) is 10.5 Å². The molecule has 2 rings (SSSR count). The number of hydrogen-bond acceptors (Lipinski definition) is 4. The molecule has 20 heavy (non-hydrogen) atoms. The molecule has 1 heterocycles. The van der Waals surface area contributed by atoms with Crippen molar-refractivity contribution in [2.75, 3.05) is 42.3 Å². The molecule has 1 aliphatic rings. The Bertz CT molecular complexity index is 488. The van der Waals surface area contributed by atoms with Crippen LogP contribution in [-0.4, -0.2) is 32.2 Å². The van der Waals surface area contributed by atoms with E-state index in [1.165, 1.54) is 0 Å². The molecule has 0 bridgehead atoms. The van der Waals surface area contributed by atoms with Crippen LogP contribution in [0.5, 0.6) is 0 Å². The number of anilines is 3. The number of benzene rings is 1. The van der Waals surface area contributed by atoms with Gasteiger partial charge in [-0.15, -0.1) is 0 Å². The van der Waals surface area contributed by atoms with Gasteiger partial charge in [-0.25, -0.2) is 0 Å². The first-order valence-electron chi connectivity index (χ1n) is 7.20. The second-order valence-electron chi connectivity index (χ2n) is 4.89. The zero-order chi connectivity index (χ0) is 14.5. The van der Waals surface area contributed by atoms with E-state index in [1.54, 1.807) is 0 Å². The van der Waals surface area contributed by atoms with Crippen LogP contribution in [-0.2, 0) is 16.0 Å². The lowest BCUT2D eigenvalue weighted by molar-refractivity contribution is -0.116. The number of carbonyl (C=O) groups excluding carboxylic acids is 1. The number of likely N-dealkylation sites (N-methyl/N-ethyl adjacent to an activating group) is 1. The largest absolute Gasteiger partial charge is 0.397 e. The lowest BCUT2D eigenvalue weighted by Gasteiger charge is -2.27. The minimum atomic E-state index is 0.0633. The molecule has 0 saturated carbocycles. The Balaban J connectivity index is 2.20. The third-order valence-corrected chi connectivity index (χ3v) is 3.58. The molecule has 0 aliphatic carbocycles. The summed E-state index contributed by atoms with van der Waals surface area (Å²) in [6.45, 7) is 7.21. The van der Waals surface area contributed by atoms with Crippen molar-refractivity contribution in [3.05, 3.63) is 17.7 Å². The van der Waals surface area contributed by atoms with Gasteiger partial charge in [-0.1, -0.05) is 0 Å². The number of ether oxygens (including phenoxy) is 1. The van der Waals surface area contributed by atoms with Crippen molar-refractivity contribution >= 4 is 23.0 Å². The molecule has 5 heteroatoms. The van der Waals surface area contributed by atoms with Gasteiger partial charge in [0.2, 0.25) is 5.91 Å². The van der Waals surface area contributed by atoms with Crippen molar-refractivity contribution in [2.24, 2.45) is 0 Å². The fourth-order valence-corrected chi connectivity index (χ4v) is 2.47. The van der Waals surface area contributed by atoms with Crippen molar-refractivity contribution in [1.29, 1.82) is 0 Å². The average Bonchev–Trinajstić information content (AvgIpc) is 2.43. The van der Waals surface area contributed by atoms with Crippen molar-refractivity contribution in [3.8, 4) is 0 Å². The maximum Gasteiger partial charge on any atom is 0.224 e. The predicted octanol–water partition coefficient (Wildman–Crippen LogP) is 2.02. The Labute approximate surface area is 120 Å². The maximum atomic E-state index is 11.4. The topological polar surface area (TPSA) is 67.6 Å². The van der Waals surface area contributed by atoms with Gasteiger partial charge in [-0.2, -0.15) is 0 Å². The Morgan fingerprint density at radius 3 is 2.85 bits per heavy atom. The van der Waals surface area contributed by atoms with Crippen LogP contribution in [0.4, 0.5) is 17.1 Å². The standard InChI is InChI=1S/C15H23N3O2/c1-3-18(7-8-20-4-2)14-9-11-5-6-15(19)17-13(11)10-12(14)16/h9-10H,3-8,16H2,1-2H3,(H,17,19). The number of fused-ring (bicyclic) bond motifs is 1. The van der Waals surface area contributed by atoms with E-state index in [-0.39, 0.29) is 5.91 Å². The summed E-state index contributed by atoms with van der Waals surface area (Å²) in [4.78, 5) is 13.6. The van der Waals surface area contributed by atoms with E-state index in [2.05, 4.69) is 23.2 Å². The van der Waals surface area contributed by atoms with Crippen molar-refractivity contribution in [2.45, 2.75) is 26.7 Å². The van der Waals surface area contributed by atoms with Crippen LogP contribution in [0.2, 0.25) is 0 Å². The molecule has 0 aromatic heterocycles. The van der Waals surface area contributed by atoms with Crippen LogP contribution < -0.4 is 16.0 Å². The molecule has 0 spiro atoms. The van der Waals surface area contributed by atoms with Crippen LogP contribution in [0, 0.1) is 0 Å². The smallest absolute Gasteiger partial charge is 0.224 e. The Hall–Kier alpha value is -1.75. The maximum absolute atomic E-state index is 11.4. The molecular weight excluding hydrogens is 254 g/mol. The number of nitrogens with one attached hydrogen (secondary N) is 1. The van der Waals surface area contributed by atoms with Gasteiger partial charge in [0.1, 0.15) is 0 Å². The van der Waals surface area contributed by atoms with Crippen molar-refractivity contribution in [1.82, 2.24) is 0 Å². The number of nitrogens with two attached hydrogens (primary N) is 1. The molecule has 3 N–H and O–H groups in total. The molecule has 0 fully saturated rings. The molecule has 110 valence electrons. The molecule has 0 unspecified atom stereocenters. The minimum Gasteiger partial charge on any atom is -0.397 e. The number of aryl methyl sites for hydroxylation is 1. The van der Waals surface area contributed by atoms with Gasteiger partial charge in [-0.3, -0.25) is 4.79 Å². The molecule has 1 aliphatic heterocycles. The summed E-state index contributed by atoms with van der Waals surface area (Å²) in [5.74, 6) is 0.0633. The number of nitrogens with zero attached hydrogens (tertiary/aromatic N) is 1. The van der Waals surface area contributed by atoms with E-state index in [0.29, 0.717) is 18.7 Å². The fraction of sp³-hybridized carbons (Fsp3) is 0.533. The van der Waals surface area contributed by atoms with Gasteiger partial charge in [-0.05, 0) is 38.0 Å². The molecule has 0 atom stereocenters. The van der Waals surface area contributed by atoms with Gasteiger partial charge in [0.15, 0.2) is 0 Å². The monoisotopic (exact) mass is 277 g/mol. The number of hydrogen-bond donors (Lipinski definition) is 2. The van der Waals surface area contributed by atoms with Crippen LogP contribution in [0.3, 0.4) is 0 Å². The molecule has 1 aromatic rings. The van der Waals surface area contributed by atoms with Crippen molar-refractivity contribution in [3.63, 3.8) is 0 Å². The molecule has 1 amide bonds. The summed E-state index contributed by atoms with van der Waals surface area (Å²) in [6.07, 6.45) is 1.32. The zero-order valence-electron chi connectivity index (χ0n) is 12.2. The Morgan fingerprint density at radius 1 is 1.35 bits per heavy atom. The van der Waals surface area contributed by atoms with Gasteiger partial charge in [0, 0.05) is 31.8 Å². The highest BCUT2D eigenvalue weighted by molar-refractivity contribution is 5.95. The predicted molar refractivity (Wildman–Crippen MR) is 82.2 cm³/mol. The first-order chi connectivity index (χ1) is 9.65. The SMILES string of the molecule is CCOCCN(CC)c1cc2c(cc1N)NC(=O)CC2. The fourth-order valence-electron chi connectivity index (χ4n) is 2.47. The molecular formula is C15H23N3O2. The lowest BCUT2D eigenvalue weighted by Crippen LogP contribution is -2.28. The highest BCUT2D eigenvalue weighted by Gasteiger charge is 2.18. The second-order valence-corrected chi connectivity index (χ2v) is 4.89. The Morgan fingerprint density at radius 2 is 2.15 bits per heavy atom. The average molecular weight is 277 g/mol. The summed E-state index contributed by atoms with van der Waals surface area (Å²) < 4.78 is 5.41. The lowest BCUT2D eigenvalue weighted by atomic mass is 10.0. The molecule has 1 aromatic carbocycles. The number of amides is 1. The summed E-state index contributed by atoms with van der Waals surface area (Å²) in [5.41, 5.74) is 9.87. The summed E-state index contributed by atoms with van der Waals surface area (Å²) in [7, 11) is 0. The van der Waals surface area contributed by atoms with E-state index in [9.17, 15) is 4.79 Å². The van der Waals surface area contributed by atoms with Gasteiger partial charge < -0.3 is 20.7 Å². The van der Waals surface area contributed by atoms with E-state index < -0.39 is 0 Å². The van der Waals surface area contributed by atoms with E-state index in [1.807, 2.05) is 13.0 Å². The number of nitrogen functional groups attached to an aromatic ring is 1. The number of carbonyl (C=O) groups is 1.